The molecule has 0 spiro atoms. The number of ether oxygens (including phenoxy) is 1. The van der Waals surface area contributed by atoms with Crippen LogP contribution in [-0.2, 0) is 10.0 Å². The topological polar surface area (TPSA) is 68.3 Å². The quantitative estimate of drug-likeness (QED) is 0.940. The first kappa shape index (κ1) is 15.1. The van der Waals surface area contributed by atoms with Gasteiger partial charge in [-0.15, -0.1) is 0 Å². The number of aromatic nitrogens is 1. The number of anilines is 1. The van der Waals surface area contributed by atoms with Crippen molar-refractivity contribution in [2.45, 2.75) is 5.51 Å². The van der Waals surface area contributed by atoms with Crippen LogP contribution in [-0.4, -0.2) is 18.9 Å². The molecule has 0 aliphatic heterocycles. The Hall–Kier alpha value is -2.29. The van der Waals surface area contributed by atoms with Gasteiger partial charge < -0.3 is 4.74 Å². The van der Waals surface area contributed by atoms with Crippen molar-refractivity contribution in [2.75, 3.05) is 4.72 Å². The first-order valence-corrected chi connectivity index (χ1v) is 7.04. The zero-order valence-electron chi connectivity index (χ0n) is 10.3. The molecule has 0 atom stereocenters. The number of halogens is 3. The number of alkyl halides is 3. The van der Waals surface area contributed by atoms with E-state index in [9.17, 15) is 21.6 Å². The molecular formula is C12H9F3N2O3S. The second-order valence-electron chi connectivity index (χ2n) is 3.85. The zero-order chi connectivity index (χ0) is 15.5. The van der Waals surface area contributed by atoms with E-state index < -0.39 is 15.5 Å². The Kier molecular flexibility index (Phi) is 4.03. The molecule has 1 heterocycles. The fraction of sp³-hybridized carbons (Fsp3) is 0.0833. The average Bonchev–Trinajstić information content (AvgIpc) is 2.38. The SMILES string of the molecule is O=S(=O)(Nc1cccc(Oc2ccccn2)c1)C(F)(F)F. The molecule has 9 heteroatoms. The van der Waals surface area contributed by atoms with Crippen molar-refractivity contribution < 1.29 is 26.3 Å². The maximum Gasteiger partial charge on any atom is 0.516 e. The molecule has 1 aromatic heterocycles. The van der Waals surface area contributed by atoms with E-state index in [-0.39, 0.29) is 17.3 Å². The molecule has 21 heavy (non-hydrogen) atoms. The Labute approximate surface area is 118 Å². The van der Waals surface area contributed by atoms with E-state index in [2.05, 4.69) is 4.98 Å². The Morgan fingerprint density at radius 1 is 1.10 bits per heavy atom. The van der Waals surface area contributed by atoms with Gasteiger partial charge in [-0.25, -0.2) is 4.98 Å². The smallest absolute Gasteiger partial charge is 0.439 e. The van der Waals surface area contributed by atoms with Gasteiger partial charge >= 0.3 is 15.5 Å². The Morgan fingerprint density at radius 2 is 1.86 bits per heavy atom. The number of benzene rings is 1. The monoisotopic (exact) mass is 318 g/mol. The molecule has 1 aromatic carbocycles. The number of hydrogen-bond acceptors (Lipinski definition) is 4. The molecule has 112 valence electrons. The van der Waals surface area contributed by atoms with Crippen LogP contribution in [0.5, 0.6) is 11.6 Å². The summed E-state index contributed by atoms with van der Waals surface area (Å²) in [5, 5.41) is 0. The van der Waals surface area contributed by atoms with Gasteiger partial charge in [-0.05, 0) is 18.2 Å². The molecule has 0 saturated carbocycles. The summed E-state index contributed by atoms with van der Waals surface area (Å²) in [6, 6.07) is 9.99. The van der Waals surface area contributed by atoms with Crippen LogP contribution in [0.1, 0.15) is 0 Å². The van der Waals surface area contributed by atoms with Crippen molar-refractivity contribution in [3.05, 3.63) is 48.7 Å². The molecule has 1 N–H and O–H groups in total. The molecule has 0 unspecified atom stereocenters. The number of hydrogen-bond donors (Lipinski definition) is 1. The molecule has 2 rings (SSSR count). The van der Waals surface area contributed by atoms with Crippen molar-refractivity contribution >= 4 is 15.7 Å². The van der Waals surface area contributed by atoms with Gasteiger partial charge in [0.15, 0.2) is 0 Å². The van der Waals surface area contributed by atoms with Gasteiger partial charge in [-0.3, -0.25) is 4.72 Å². The molecule has 0 aliphatic carbocycles. The van der Waals surface area contributed by atoms with E-state index in [0.29, 0.717) is 0 Å². The first-order valence-electron chi connectivity index (χ1n) is 5.56. The molecule has 0 aliphatic rings. The van der Waals surface area contributed by atoms with Gasteiger partial charge in [-0.2, -0.15) is 21.6 Å². The van der Waals surface area contributed by atoms with Crippen LogP contribution in [0.4, 0.5) is 18.9 Å². The average molecular weight is 318 g/mol. The summed E-state index contributed by atoms with van der Waals surface area (Å²) in [6.45, 7) is 0. The maximum absolute atomic E-state index is 12.3. The van der Waals surface area contributed by atoms with Crippen LogP contribution >= 0.6 is 0 Å². The van der Waals surface area contributed by atoms with Crippen LogP contribution in [0.15, 0.2) is 48.7 Å². The van der Waals surface area contributed by atoms with Crippen molar-refractivity contribution in [1.82, 2.24) is 4.98 Å². The minimum Gasteiger partial charge on any atom is -0.439 e. The fourth-order valence-corrected chi connectivity index (χ4v) is 1.92. The first-order chi connectivity index (χ1) is 9.78. The molecule has 0 fully saturated rings. The lowest BCUT2D eigenvalue weighted by Crippen LogP contribution is -2.29. The third kappa shape index (κ3) is 3.85. The van der Waals surface area contributed by atoms with Gasteiger partial charge in [-0.1, -0.05) is 12.1 Å². The van der Waals surface area contributed by atoms with Gasteiger partial charge in [0.25, 0.3) is 0 Å². The Morgan fingerprint density at radius 3 is 2.48 bits per heavy atom. The molecule has 0 saturated heterocycles. The van der Waals surface area contributed by atoms with Gasteiger partial charge in [0.05, 0.1) is 5.69 Å². The van der Waals surface area contributed by atoms with Crippen LogP contribution in [0.3, 0.4) is 0 Å². The summed E-state index contributed by atoms with van der Waals surface area (Å²) < 4.78 is 65.6. The van der Waals surface area contributed by atoms with Crippen molar-refractivity contribution in [3.63, 3.8) is 0 Å². The number of sulfonamides is 1. The Balaban J connectivity index is 2.19. The highest BCUT2D eigenvalue weighted by molar-refractivity contribution is 7.93. The van der Waals surface area contributed by atoms with Crippen LogP contribution < -0.4 is 9.46 Å². The Bertz CT molecular complexity index is 718. The van der Waals surface area contributed by atoms with Crippen molar-refractivity contribution in [3.8, 4) is 11.6 Å². The highest BCUT2D eigenvalue weighted by Gasteiger charge is 2.46. The normalized spacial score (nSPS) is 12.0. The summed E-state index contributed by atoms with van der Waals surface area (Å²) in [7, 11) is -5.46. The molecular weight excluding hydrogens is 309 g/mol. The van der Waals surface area contributed by atoms with E-state index in [1.807, 2.05) is 0 Å². The van der Waals surface area contributed by atoms with Crippen LogP contribution in [0, 0.1) is 0 Å². The number of rotatable bonds is 4. The van der Waals surface area contributed by atoms with E-state index in [1.54, 1.807) is 18.2 Å². The molecule has 5 nitrogen and oxygen atoms in total. The lowest BCUT2D eigenvalue weighted by molar-refractivity contribution is -0.0429. The third-order valence-corrected chi connectivity index (χ3v) is 3.36. The molecule has 0 amide bonds. The van der Waals surface area contributed by atoms with E-state index in [1.165, 1.54) is 29.1 Å². The lowest BCUT2D eigenvalue weighted by Gasteiger charge is -2.11. The minimum absolute atomic E-state index is 0.149. The van der Waals surface area contributed by atoms with Gasteiger partial charge in [0, 0.05) is 18.3 Å². The largest absolute Gasteiger partial charge is 0.516 e. The maximum atomic E-state index is 12.3. The minimum atomic E-state index is -5.46. The second-order valence-corrected chi connectivity index (χ2v) is 5.52. The predicted octanol–water partition coefficient (Wildman–Crippen LogP) is 3.14. The summed E-state index contributed by atoms with van der Waals surface area (Å²) in [4.78, 5) is 3.88. The van der Waals surface area contributed by atoms with Crippen molar-refractivity contribution in [1.29, 1.82) is 0 Å². The second kappa shape index (κ2) is 5.60. The standard InChI is InChI=1S/C12H9F3N2O3S/c13-12(14,15)21(18,19)17-9-4-3-5-10(8-9)20-11-6-1-2-7-16-11/h1-8,17H. The van der Waals surface area contributed by atoms with Crippen molar-refractivity contribution in [2.24, 2.45) is 0 Å². The number of nitrogens with zero attached hydrogens (tertiary/aromatic N) is 1. The zero-order valence-corrected chi connectivity index (χ0v) is 11.1. The van der Waals surface area contributed by atoms with Gasteiger partial charge in [0.1, 0.15) is 5.75 Å². The highest BCUT2D eigenvalue weighted by atomic mass is 32.2. The predicted molar refractivity (Wildman–Crippen MR) is 69.4 cm³/mol. The van der Waals surface area contributed by atoms with E-state index in [4.69, 9.17) is 4.74 Å². The highest BCUT2D eigenvalue weighted by Crippen LogP contribution is 2.28. The van der Waals surface area contributed by atoms with E-state index in [0.717, 1.165) is 6.07 Å². The van der Waals surface area contributed by atoms with E-state index >= 15 is 0 Å². The molecule has 0 radical (unpaired) electrons. The summed E-state index contributed by atoms with van der Waals surface area (Å²) >= 11 is 0. The molecule has 0 bridgehead atoms. The lowest BCUT2D eigenvalue weighted by atomic mass is 10.3. The third-order valence-electron chi connectivity index (χ3n) is 2.25. The fourth-order valence-electron chi connectivity index (χ4n) is 1.36. The number of pyridine rings is 1. The van der Waals surface area contributed by atoms with Crippen LogP contribution in [0.25, 0.3) is 0 Å². The summed E-state index contributed by atoms with van der Waals surface area (Å²) in [5.74, 6) is 0.379. The summed E-state index contributed by atoms with van der Waals surface area (Å²) in [5.41, 5.74) is -5.65. The van der Waals surface area contributed by atoms with Crippen LogP contribution in [0.2, 0.25) is 0 Å². The molecule has 2 aromatic rings. The van der Waals surface area contributed by atoms with Gasteiger partial charge in [0.2, 0.25) is 5.88 Å². The number of nitrogens with one attached hydrogen (secondary N) is 1. The summed E-state index contributed by atoms with van der Waals surface area (Å²) in [6.07, 6.45) is 1.48.